The molecule has 0 spiro atoms. The van der Waals surface area contributed by atoms with Crippen LogP contribution in [0.5, 0.6) is 0 Å². The van der Waals surface area contributed by atoms with Crippen LogP contribution in [0.15, 0.2) is 28.7 Å². The van der Waals surface area contributed by atoms with Gasteiger partial charge in [-0.1, -0.05) is 15.9 Å². The summed E-state index contributed by atoms with van der Waals surface area (Å²) in [5.41, 5.74) is 1.25. The first kappa shape index (κ1) is 14.8. The lowest BCUT2D eigenvalue weighted by Gasteiger charge is -2.32. The molecule has 1 N–H and O–H groups in total. The van der Waals surface area contributed by atoms with Crippen LogP contribution in [0.2, 0.25) is 0 Å². The van der Waals surface area contributed by atoms with E-state index in [9.17, 15) is 5.11 Å². The molecule has 2 rings (SSSR count). The van der Waals surface area contributed by atoms with Crippen molar-refractivity contribution in [1.82, 2.24) is 4.90 Å². The molecule has 1 heterocycles. The Hall–Kier alpha value is -0.580. The van der Waals surface area contributed by atoms with Gasteiger partial charge in [0.25, 0.3) is 0 Å². The molecular formula is C15H23BrN2O. The molecule has 0 saturated carbocycles. The van der Waals surface area contributed by atoms with Crippen LogP contribution < -0.4 is 4.90 Å². The van der Waals surface area contributed by atoms with Crippen LogP contribution in [0.4, 0.5) is 5.69 Å². The summed E-state index contributed by atoms with van der Waals surface area (Å²) in [7, 11) is 2.18. The highest BCUT2D eigenvalue weighted by atomic mass is 79.9. The van der Waals surface area contributed by atoms with Crippen LogP contribution in [0.3, 0.4) is 0 Å². The molecule has 0 bridgehead atoms. The summed E-state index contributed by atoms with van der Waals surface area (Å²) in [6, 6.07) is 9.48. The third-order valence-corrected chi connectivity index (χ3v) is 4.63. The average Bonchev–Trinajstić information content (AvgIpc) is 2.52. The largest absolute Gasteiger partial charge is 0.396 e. The molecule has 2 atom stereocenters. The van der Waals surface area contributed by atoms with E-state index in [1.807, 2.05) is 0 Å². The van der Waals surface area contributed by atoms with Crippen LogP contribution in [0, 0.1) is 0 Å². The van der Waals surface area contributed by atoms with Crippen LogP contribution >= 0.6 is 15.9 Å². The van der Waals surface area contributed by atoms with Crippen molar-refractivity contribution in [2.45, 2.75) is 31.8 Å². The molecule has 3 nitrogen and oxygen atoms in total. The van der Waals surface area contributed by atoms with E-state index >= 15 is 0 Å². The lowest BCUT2D eigenvalue weighted by atomic mass is 10.1. The van der Waals surface area contributed by atoms with Gasteiger partial charge in [0.1, 0.15) is 0 Å². The molecule has 19 heavy (non-hydrogen) atoms. The Bertz CT molecular complexity index is 396. The van der Waals surface area contributed by atoms with Crippen LogP contribution in [-0.2, 0) is 0 Å². The molecular weight excluding hydrogens is 304 g/mol. The number of likely N-dealkylation sites (N-methyl/N-ethyl adjacent to an activating group) is 1. The maximum atomic E-state index is 9.32. The van der Waals surface area contributed by atoms with Gasteiger partial charge >= 0.3 is 0 Å². The molecule has 0 amide bonds. The van der Waals surface area contributed by atoms with Gasteiger partial charge in [-0.25, -0.2) is 0 Å². The van der Waals surface area contributed by atoms with Gasteiger partial charge in [0.05, 0.1) is 0 Å². The van der Waals surface area contributed by atoms with Gasteiger partial charge in [0, 0.05) is 41.9 Å². The predicted molar refractivity (Wildman–Crippen MR) is 83.7 cm³/mol. The molecule has 4 heteroatoms. The van der Waals surface area contributed by atoms with E-state index in [4.69, 9.17) is 0 Å². The normalized spacial score (nSPS) is 25.4. The van der Waals surface area contributed by atoms with Gasteiger partial charge in [-0.2, -0.15) is 0 Å². The van der Waals surface area contributed by atoms with Crippen molar-refractivity contribution >= 4 is 21.6 Å². The van der Waals surface area contributed by atoms with E-state index in [0.717, 1.165) is 30.4 Å². The second-order valence-electron chi connectivity index (χ2n) is 5.41. The Morgan fingerprint density at radius 2 is 2.00 bits per heavy atom. The average molecular weight is 327 g/mol. The minimum Gasteiger partial charge on any atom is -0.396 e. The summed E-state index contributed by atoms with van der Waals surface area (Å²) in [4.78, 5) is 4.85. The quantitative estimate of drug-likeness (QED) is 0.925. The Morgan fingerprint density at radius 1 is 1.32 bits per heavy atom. The predicted octanol–water partition coefficient (Wildman–Crippen LogP) is 2.73. The Labute approximate surface area is 124 Å². The second kappa shape index (κ2) is 6.73. The van der Waals surface area contributed by atoms with Gasteiger partial charge in [-0.15, -0.1) is 0 Å². The molecule has 2 unspecified atom stereocenters. The van der Waals surface area contributed by atoms with Gasteiger partial charge in [-0.3, -0.25) is 0 Å². The number of hydrogen-bond donors (Lipinski definition) is 1. The number of anilines is 1. The fourth-order valence-electron chi connectivity index (χ4n) is 2.71. The zero-order valence-corrected chi connectivity index (χ0v) is 13.3. The third kappa shape index (κ3) is 3.71. The van der Waals surface area contributed by atoms with Crippen molar-refractivity contribution < 1.29 is 5.11 Å². The van der Waals surface area contributed by atoms with E-state index in [-0.39, 0.29) is 6.61 Å². The van der Waals surface area contributed by atoms with E-state index in [1.165, 1.54) is 5.69 Å². The number of halogens is 1. The van der Waals surface area contributed by atoms with Crippen molar-refractivity contribution in [3.63, 3.8) is 0 Å². The number of aliphatic hydroxyl groups excluding tert-OH is 1. The van der Waals surface area contributed by atoms with Crippen molar-refractivity contribution in [2.75, 3.05) is 31.6 Å². The SMILES string of the molecule is CC1CCN(c2ccc(Br)cc2)C(CCO)CN1C. The molecule has 1 saturated heterocycles. The molecule has 1 aliphatic rings. The number of rotatable bonds is 3. The highest BCUT2D eigenvalue weighted by molar-refractivity contribution is 9.10. The minimum atomic E-state index is 0.250. The number of aliphatic hydroxyl groups is 1. The third-order valence-electron chi connectivity index (χ3n) is 4.10. The maximum Gasteiger partial charge on any atom is 0.0451 e. The summed E-state index contributed by atoms with van der Waals surface area (Å²) in [5.74, 6) is 0. The molecule has 0 aromatic heterocycles. The van der Waals surface area contributed by atoms with E-state index in [2.05, 4.69) is 64.0 Å². The number of nitrogens with zero attached hydrogens (tertiary/aromatic N) is 2. The molecule has 1 aromatic rings. The van der Waals surface area contributed by atoms with Crippen LogP contribution in [0.1, 0.15) is 19.8 Å². The zero-order valence-electron chi connectivity index (χ0n) is 11.7. The maximum absolute atomic E-state index is 9.32. The molecule has 0 aliphatic carbocycles. The topological polar surface area (TPSA) is 26.7 Å². The van der Waals surface area contributed by atoms with E-state index < -0.39 is 0 Å². The highest BCUT2D eigenvalue weighted by Gasteiger charge is 2.26. The van der Waals surface area contributed by atoms with E-state index in [1.54, 1.807) is 0 Å². The van der Waals surface area contributed by atoms with E-state index in [0.29, 0.717) is 12.1 Å². The standard InChI is InChI=1S/C15H23BrN2O/c1-12-7-9-18(14-5-3-13(16)4-6-14)15(8-10-19)11-17(12)2/h3-6,12,15,19H,7-11H2,1-2H3. The van der Waals surface area contributed by atoms with Gasteiger partial charge in [0.15, 0.2) is 0 Å². The van der Waals surface area contributed by atoms with Crippen molar-refractivity contribution in [3.8, 4) is 0 Å². The fourth-order valence-corrected chi connectivity index (χ4v) is 2.97. The Morgan fingerprint density at radius 3 is 2.63 bits per heavy atom. The summed E-state index contributed by atoms with van der Waals surface area (Å²) in [6.07, 6.45) is 1.99. The minimum absolute atomic E-state index is 0.250. The first-order chi connectivity index (χ1) is 9.11. The second-order valence-corrected chi connectivity index (χ2v) is 6.33. The van der Waals surface area contributed by atoms with Crippen LogP contribution in [0.25, 0.3) is 0 Å². The summed E-state index contributed by atoms with van der Waals surface area (Å²) in [6.45, 7) is 4.59. The summed E-state index contributed by atoms with van der Waals surface area (Å²) >= 11 is 3.48. The molecule has 1 aliphatic heterocycles. The van der Waals surface area contributed by atoms with Crippen molar-refractivity contribution in [2.24, 2.45) is 0 Å². The lowest BCUT2D eigenvalue weighted by Crippen LogP contribution is -2.41. The summed E-state index contributed by atoms with van der Waals surface area (Å²) < 4.78 is 1.11. The number of hydrogen-bond acceptors (Lipinski definition) is 3. The first-order valence-electron chi connectivity index (χ1n) is 6.95. The highest BCUT2D eigenvalue weighted by Crippen LogP contribution is 2.25. The van der Waals surface area contributed by atoms with Crippen molar-refractivity contribution in [1.29, 1.82) is 0 Å². The molecule has 0 radical (unpaired) electrons. The lowest BCUT2D eigenvalue weighted by molar-refractivity contribution is 0.227. The number of benzene rings is 1. The smallest absolute Gasteiger partial charge is 0.0451 e. The Kier molecular flexibility index (Phi) is 5.25. The fraction of sp³-hybridized carbons (Fsp3) is 0.600. The molecule has 106 valence electrons. The van der Waals surface area contributed by atoms with Gasteiger partial charge in [-0.05, 0) is 51.1 Å². The van der Waals surface area contributed by atoms with Crippen LogP contribution in [-0.4, -0.2) is 48.8 Å². The zero-order chi connectivity index (χ0) is 13.8. The monoisotopic (exact) mass is 326 g/mol. The van der Waals surface area contributed by atoms with Gasteiger partial charge < -0.3 is 14.9 Å². The summed E-state index contributed by atoms with van der Waals surface area (Å²) in [5, 5.41) is 9.32. The van der Waals surface area contributed by atoms with Crippen molar-refractivity contribution in [3.05, 3.63) is 28.7 Å². The molecule has 1 aromatic carbocycles. The molecule has 1 fully saturated rings. The first-order valence-corrected chi connectivity index (χ1v) is 7.74. The Balaban J connectivity index is 2.21. The van der Waals surface area contributed by atoms with Gasteiger partial charge in [0.2, 0.25) is 0 Å².